The van der Waals surface area contributed by atoms with Crippen molar-refractivity contribution in [2.75, 3.05) is 6.61 Å². The third-order valence-electron chi connectivity index (χ3n) is 3.42. The van der Waals surface area contributed by atoms with Crippen molar-refractivity contribution in [1.29, 1.82) is 0 Å². The second-order valence-electron chi connectivity index (χ2n) is 4.99. The van der Waals surface area contributed by atoms with Crippen LogP contribution in [-0.4, -0.2) is 11.2 Å². The lowest BCUT2D eigenvalue weighted by atomic mass is 10.0. The maximum Gasteiger partial charge on any atom is 0.103 e. The summed E-state index contributed by atoms with van der Waals surface area (Å²) in [5.74, 6) is 0. The fourth-order valence-corrected chi connectivity index (χ4v) is 2.48. The van der Waals surface area contributed by atoms with E-state index < -0.39 is 0 Å². The highest BCUT2D eigenvalue weighted by atomic mass is 16.5. The van der Waals surface area contributed by atoms with Crippen LogP contribution in [0, 0.1) is 0 Å². The standard InChI is InChI=1S/C15H17NO/c1-15(2)14-11-12-7-3-4-8-13(12)16(14)9-5-6-10-17-15/h3-8,11H,9-10H2,1-2H3/b6-5-. The van der Waals surface area contributed by atoms with Crippen LogP contribution < -0.4 is 0 Å². The van der Waals surface area contributed by atoms with Gasteiger partial charge in [-0.05, 0) is 31.4 Å². The number of hydrogen-bond acceptors (Lipinski definition) is 1. The van der Waals surface area contributed by atoms with Crippen LogP contribution in [0.5, 0.6) is 0 Å². The summed E-state index contributed by atoms with van der Waals surface area (Å²) in [4.78, 5) is 0. The van der Waals surface area contributed by atoms with Crippen molar-refractivity contribution < 1.29 is 4.74 Å². The van der Waals surface area contributed by atoms with Gasteiger partial charge in [0.1, 0.15) is 5.60 Å². The van der Waals surface area contributed by atoms with Crippen LogP contribution in [0.4, 0.5) is 0 Å². The predicted molar refractivity (Wildman–Crippen MR) is 70.1 cm³/mol. The average Bonchev–Trinajstić information content (AvgIpc) is 2.66. The van der Waals surface area contributed by atoms with Gasteiger partial charge in [-0.1, -0.05) is 30.4 Å². The van der Waals surface area contributed by atoms with E-state index in [1.807, 2.05) is 0 Å². The van der Waals surface area contributed by atoms with Crippen molar-refractivity contribution in [2.45, 2.75) is 26.0 Å². The van der Waals surface area contributed by atoms with Gasteiger partial charge < -0.3 is 9.30 Å². The maximum atomic E-state index is 5.92. The highest BCUT2D eigenvalue weighted by molar-refractivity contribution is 5.81. The summed E-state index contributed by atoms with van der Waals surface area (Å²) in [7, 11) is 0. The molecule has 0 aliphatic carbocycles. The topological polar surface area (TPSA) is 14.2 Å². The van der Waals surface area contributed by atoms with Crippen LogP contribution in [0.3, 0.4) is 0 Å². The molecule has 1 aliphatic rings. The predicted octanol–water partition coefficient (Wildman–Crippen LogP) is 3.46. The Morgan fingerprint density at radius 1 is 1.18 bits per heavy atom. The quantitative estimate of drug-likeness (QED) is 0.629. The second-order valence-corrected chi connectivity index (χ2v) is 4.99. The van der Waals surface area contributed by atoms with Crippen molar-refractivity contribution in [1.82, 2.24) is 4.57 Å². The second kappa shape index (κ2) is 3.74. The third-order valence-corrected chi connectivity index (χ3v) is 3.42. The van der Waals surface area contributed by atoms with E-state index in [2.05, 4.69) is 60.9 Å². The molecular formula is C15H17NO. The normalized spacial score (nSPS) is 20.6. The first-order chi connectivity index (χ1) is 8.18. The van der Waals surface area contributed by atoms with Crippen LogP contribution in [-0.2, 0) is 16.9 Å². The molecule has 0 fully saturated rings. The fourth-order valence-electron chi connectivity index (χ4n) is 2.48. The molecule has 1 aliphatic heterocycles. The van der Waals surface area contributed by atoms with Crippen LogP contribution in [0.1, 0.15) is 19.5 Å². The molecule has 88 valence electrons. The van der Waals surface area contributed by atoms with Gasteiger partial charge in [-0.15, -0.1) is 0 Å². The number of hydrogen-bond donors (Lipinski definition) is 0. The zero-order valence-corrected chi connectivity index (χ0v) is 10.3. The maximum absolute atomic E-state index is 5.92. The molecule has 2 heterocycles. The molecule has 1 aromatic heterocycles. The molecule has 0 amide bonds. The Morgan fingerprint density at radius 3 is 2.88 bits per heavy atom. The van der Waals surface area contributed by atoms with E-state index in [9.17, 15) is 0 Å². The molecule has 2 nitrogen and oxygen atoms in total. The lowest BCUT2D eigenvalue weighted by Gasteiger charge is -2.28. The number of aromatic nitrogens is 1. The molecule has 2 heteroatoms. The highest BCUT2D eigenvalue weighted by Gasteiger charge is 2.26. The van der Waals surface area contributed by atoms with Crippen LogP contribution in [0.15, 0.2) is 42.5 Å². The Hall–Kier alpha value is -1.54. The number of allylic oxidation sites excluding steroid dienone is 1. The molecular weight excluding hydrogens is 210 g/mol. The van der Waals surface area contributed by atoms with Gasteiger partial charge in [0, 0.05) is 12.1 Å². The molecule has 3 rings (SSSR count). The van der Waals surface area contributed by atoms with Gasteiger partial charge in [-0.2, -0.15) is 0 Å². The lowest BCUT2D eigenvalue weighted by molar-refractivity contribution is -0.0117. The van der Waals surface area contributed by atoms with Crippen molar-refractivity contribution in [3.05, 3.63) is 48.2 Å². The molecule has 0 N–H and O–H groups in total. The van der Waals surface area contributed by atoms with Crippen LogP contribution >= 0.6 is 0 Å². The van der Waals surface area contributed by atoms with Gasteiger partial charge in [-0.3, -0.25) is 0 Å². The van der Waals surface area contributed by atoms with Gasteiger partial charge in [0.25, 0.3) is 0 Å². The molecule has 1 aromatic carbocycles. The number of rotatable bonds is 0. The molecule has 0 saturated heterocycles. The molecule has 17 heavy (non-hydrogen) atoms. The zero-order chi connectivity index (χ0) is 11.9. The number of ether oxygens (including phenoxy) is 1. The van der Waals surface area contributed by atoms with E-state index in [1.54, 1.807) is 0 Å². The van der Waals surface area contributed by atoms with Gasteiger partial charge in [0.15, 0.2) is 0 Å². The summed E-state index contributed by atoms with van der Waals surface area (Å²) in [5, 5.41) is 1.29. The molecule has 0 radical (unpaired) electrons. The Kier molecular flexibility index (Phi) is 2.33. The molecule has 0 unspecified atom stereocenters. The van der Waals surface area contributed by atoms with Crippen molar-refractivity contribution >= 4 is 10.9 Å². The highest BCUT2D eigenvalue weighted by Crippen LogP contribution is 2.31. The van der Waals surface area contributed by atoms with Crippen molar-refractivity contribution in [2.24, 2.45) is 0 Å². The first-order valence-electron chi connectivity index (χ1n) is 6.06. The molecule has 0 bridgehead atoms. The van der Waals surface area contributed by atoms with Gasteiger partial charge in [0.2, 0.25) is 0 Å². The number of para-hydroxylation sites is 1. The van der Waals surface area contributed by atoms with E-state index in [0.29, 0.717) is 6.61 Å². The number of fused-ring (bicyclic) bond motifs is 3. The minimum atomic E-state index is -0.232. The van der Waals surface area contributed by atoms with E-state index in [-0.39, 0.29) is 5.60 Å². The first-order valence-corrected chi connectivity index (χ1v) is 6.06. The first kappa shape index (κ1) is 10.6. The Labute approximate surface area is 102 Å². The average molecular weight is 227 g/mol. The summed E-state index contributed by atoms with van der Waals surface area (Å²) >= 11 is 0. The largest absolute Gasteiger partial charge is 0.365 e. The summed E-state index contributed by atoms with van der Waals surface area (Å²) in [6.45, 7) is 5.89. The van der Waals surface area contributed by atoms with Gasteiger partial charge in [0.05, 0.1) is 12.3 Å². The minimum Gasteiger partial charge on any atom is -0.365 e. The monoisotopic (exact) mass is 227 g/mol. The summed E-state index contributed by atoms with van der Waals surface area (Å²) in [6, 6.07) is 10.7. The fraction of sp³-hybridized carbons (Fsp3) is 0.333. The minimum absolute atomic E-state index is 0.232. The van der Waals surface area contributed by atoms with Gasteiger partial charge >= 0.3 is 0 Å². The molecule has 0 atom stereocenters. The zero-order valence-electron chi connectivity index (χ0n) is 10.3. The Bertz CT molecular complexity index is 578. The van der Waals surface area contributed by atoms with Gasteiger partial charge in [-0.25, -0.2) is 0 Å². The van der Waals surface area contributed by atoms with Crippen LogP contribution in [0.2, 0.25) is 0 Å². The lowest BCUT2D eigenvalue weighted by Crippen LogP contribution is -2.26. The Balaban J connectivity index is 2.29. The third kappa shape index (κ3) is 1.69. The van der Waals surface area contributed by atoms with E-state index >= 15 is 0 Å². The summed E-state index contributed by atoms with van der Waals surface area (Å²) in [6.07, 6.45) is 4.27. The molecule has 0 saturated carbocycles. The molecule has 2 aromatic rings. The SMILES string of the molecule is CC1(C)OC/C=C\Cn2c1cc1ccccc12. The molecule has 0 spiro atoms. The smallest absolute Gasteiger partial charge is 0.103 e. The summed E-state index contributed by atoms with van der Waals surface area (Å²) in [5.41, 5.74) is 2.30. The number of nitrogens with zero attached hydrogens (tertiary/aromatic N) is 1. The van der Waals surface area contributed by atoms with E-state index in [4.69, 9.17) is 4.74 Å². The van der Waals surface area contributed by atoms with Crippen LogP contribution in [0.25, 0.3) is 10.9 Å². The van der Waals surface area contributed by atoms with E-state index in [0.717, 1.165) is 6.54 Å². The summed E-state index contributed by atoms with van der Waals surface area (Å²) < 4.78 is 8.26. The number of benzene rings is 1. The van der Waals surface area contributed by atoms with Crippen molar-refractivity contribution in [3.8, 4) is 0 Å². The van der Waals surface area contributed by atoms with E-state index in [1.165, 1.54) is 16.6 Å². The van der Waals surface area contributed by atoms with Crippen molar-refractivity contribution in [3.63, 3.8) is 0 Å². The Morgan fingerprint density at radius 2 is 2.00 bits per heavy atom.